The second-order valence-corrected chi connectivity index (χ2v) is 12.2. The van der Waals surface area contributed by atoms with Gasteiger partial charge in [0.05, 0.1) is 0 Å². The van der Waals surface area contributed by atoms with Crippen LogP contribution in [0.3, 0.4) is 0 Å². The molecule has 0 bridgehead atoms. The van der Waals surface area contributed by atoms with E-state index in [1.807, 2.05) is 0 Å². The standard InChI is InChI=1S/C13H4B4N4S13/c1-6(24)9(27)10(28)7(25)2-3-16(17(18-5-23)14-19-21-20-15-32)34(33)13(31)12(30)11(29)8(26)4-22/h4H,1H3. The molecule has 0 N–H and O–H groups in total. The molecule has 0 heterocycles. The third-order valence-corrected chi connectivity index (χ3v) is 10.8. The molecule has 0 aromatic heterocycles. The number of rotatable bonds is 13. The summed E-state index contributed by atoms with van der Waals surface area (Å²) in [5.74, 6) is 4.93. The average molecular weight is 676 g/mol. The molecule has 0 aromatic rings. The minimum absolute atomic E-state index is 0.106. The van der Waals surface area contributed by atoms with Crippen molar-refractivity contribution in [1.82, 2.24) is 0 Å². The van der Waals surface area contributed by atoms with Crippen molar-refractivity contribution in [1.29, 1.82) is 0 Å². The van der Waals surface area contributed by atoms with E-state index in [1.165, 1.54) is 12.3 Å². The quantitative estimate of drug-likeness (QED) is 0.0703. The molecule has 0 rings (SSSR count). The van der Waals surface area contributed by atoms with Crippen molar-refractivity contribution in [3.8, 4) is 11.7 Å². The maximum atomic E-state index is 5.68. The normalized spacial score (nSPS) is 10.3. The Kier molecular flexibility index (Phi) is 19.1. The van der Waals surface area contributed by atoms with Gasteiger partial charge in [0.1, 0.15) is 0 Å². The molecule has 0 spiro atoms. The molecular weight excluding hydrogens is 672 g/mol. The number of thiocarbonyl (C=S) groups is 10. The summed E-state index contributed by atoms with van der Waals surface area (Å²) in [6, 6.07) is 0. The summed E-state index contributed by atoms with van der Waals surface area (Å²) in [5.41, 5.74) is 0. The molecule has 4 nitrogen and oxygen atoms in total. The van der Waals surface area contributed by atoms with Gasteiger partial charge in [0.25, 0.3) is 0 Å². The monoisotopic (exact) mass is 676 g/mol. The Morgan fingerprint density at radius 1 is 0.971 bits per heavy atom. The van der Waals surface area contributed by atoms with Crippen molar-refractivity contribution in [3.63, 3.8) is 0 Å². The van der Waals surface area contributed by atoms with Crippen LogP contribution in [0.4, 0.5) is 0 Å². The molecule has 1 atom stereocenters. The molecule has 166 valence electrons. The molecule has 0 fully saturated rings. The second-order valence-electron chi connectivity index (χ2n) is 5.24. The van der Waals surface area contributed by atoms with Gasteiger partial charge in [-0.25, -0.2) is 0 Å². The number of hydrogen-bond donors (Lipinski definition) is 0. The van der Waals surface area contributed by atoms with Gasteiger partial charge in [-0.05, 0) is 0 Å². The molecule has 0 saturated carbocycles. The van der Waals surface area contributed by atoms with E-state index in [2.05, 4.69) is 49.1 Å². The van der Waals surface area contributed by atoms with Crippen LogP contribution in [0.5, 0.6) is 0 Å². The molecule has 0 radical (unpaired) electrons. The molecule has 0 saturated heterocycles. The zero-order chi connectivity index (χ0) is 26.4. The van der Waals surface area contributed by atoms with E-state index >= 15 is 0 Å². The minimum atomic E-state index is -1.24. The zero-order valence-electron chi connectivity index (χ0n) is 16.5. The van der Waals surface area contributed by atoms with E-state index in [0.29, 0.717) is 4.86 Å². The summed E-state index contributed by atoms with van der Waals surface area (Å²) in [4.78, 5) is 5.54. The van der Waals surface area contributed by atoms with Crippen molar-refractivity contribution in [2.75, 3.05) is 0 Å². The fourth-order valence-corrected chi connectivity index (χ4v) is 5.84. The molecule has 0 aromatic carbocycles. The molecule has 0 aliphatic heterocycles. The van der Waals surface area contributed by atoms with Crippen molar-refractivity contribution >= 4 is 229 Å². The molecule has 0 aliphatic rings. The Balaban J connectivity index is 6.46. The van der Waals surface area contributed by atoms with Crippen LogP contribution >= 0.6 is 134 Å². The van der Waals surface area contributed by atoms with Gasteiger partial charge >= 0.3 is 268 Å². The SMILES string of the molecule is CC(=S)C(=S)C(=S)C(=S)C#CB(B(B=NN=NB=S)N=C=S)S(=S)C(=S)C(=S)C(=S)C(=S)C=S. The van der Waals surface area contributed by atoms with E-state index in [0.717, 1.165) is 6.29 Å². The first-order valence-corrected chi connectivity index (χ1v) is 14.9. The van der Waals surface area contributed by atoms with Gasteiger partial charge < -0.3 is 0 Å². The second kappa shape index (κ2) is 18.8. The summed E-state index contributed by atoms with van der Waals surface area (Å²) >= 11 is 61.9. The van der Waals surface area contributed by atoms with Crippen LogP contribution in [-0.4, -0.2) is 74.5 Å². The summed E-state index contributed by atoms with van der Waals surface area (Å²) in [6.07, 6.45) is 1.04. The molecule has 0 amide bonds. The van der Waals surface area contributed by atoms with Crippen LogP contribution in [0, 0.1) is 11.7 Å². The predicted molar refractivity (Wildman–Crippen MR) is 196 cm³/mol. The van der Waals surface area contributed by atoms with Gasteiger partial charge in [-0.1, -0.05) is 0 Å². The van der Waals surface area contributed by atoms with E-state index in [1.54, 1.807) is 6.92 Å². The Morgan fingerprint density at radius 3 is 2.09 bits per heavy atom. The molecule has 0 aliphatic carbocycles. The molecule has 34 heavy (non-hydrogen) atoms. The fourth-order valence-electron chi connectivity index (χ4n) is 1.58. The first-order valence-electron chi connectivity index (χ1n) is 8.06. The molecule has 1 unspecified atom stereocenters. The molecule has 21 heteroatoms. The number of isothiocyanates is 1. The zero-order valence-corrected chi connectivity index (χ0v) is 27.1. The maximum absolute atomic E-state index is 5.68. The summed E-state index contributed by atoms with van der Waals surface area (Å²) in [7, 11) is -1.24. The van der Waals surface area contributed by atoms with Crippen LogP contribution < -0.4 is 0 Å². The third kappa shape index (κ3) is 11.8. The van der Waals surface area contributed by atoms with Crippen LogP contribution in [-0.2, 0) is 20.5 Å². The number of nitrogens with zero attached hydrogens (tertiary/aromatic N) is 4. The first-order chi connectivity index (χ1) is 15.9. The third-order valence-electron chi connectivity index (χ3n) is 3.08. The van der Waals surface area contributed by atoms with Crippen molar-refractivity contribution < 1.29 is 0 Å². The van der Waals surface area contributed by atoms with Crippen LogP contribution in [0.2, 0.25) is 0 Å². The Morgan fingerprint density at radius 2 is 1.59 bits per heavy atom. The summed E-state index contributed by atoms with van der Waals surface area (Å²) in [5, 5.41) is 14.3. The van der Waals surface area contributed by atoms with Crippen molar-refractivity contribution in [2.45, 2.75) is 6.92 Å². The Bertz CT molecular complexity index is 1200. The fraction of sp³-hybridized carbons (Fsp3) is 0.0769. The van der Waals surface area contributed by atoms with Crippen LogP contribution in [0.1, 0.15) is 6.92 Å². The topological polar surface area (TPSA) is 49.4 Å². The summed E-state index contributed by atoms with van der Waals surface area (Å²) in [6.45, 7) is 2.12. The van der Waals surface area contributed by atoms with Crippen molar-refractivity contribution in [2.24, 2.45) is 20.2 Å². The first kappa shape index (κ1) is 34.6. The van der Waals surface area contributed by atoms with Crippen LogP contribution in [0.25, 0.3) is 0 Å². The average Bonchev–Trinajstić information content (AvgIpc) is 2.82. The Hall–Kier alpha value is 0.620. The Labute approximate surface area is 264 Å². The van der Waals surface area contributed by atoms with Gasteiger partial charge in [0.15, 0.2) is 0 Å². The number of hydrogen-bond acceptors (Lipinski definition) is 14. The van der Waals surface area contributed by atoms with E-state index in [-0.39, 0.29) is 33.4 Å². The summed E-state index contributed by atoms with van der Waals surface area (Å²) < 4.78 is 0.172. The van der Waals surface area contributed by atoms with Crippen LogP contribution in [0.15, 0.2) is 20.2 Å². The van der Waals surface area contributed by atoms with Gasteiger partial charge in [-0.15, -0.1) is 0 Å². The molecular formula is C13H4B4N4S13. The van der Waals surface area contributed by atoms with Gasteiger partial charge in [-0.3, -0.25) is 0 Å². The van der Waals surface area contributed by atoms with Gasteiger partial charge in [-0.2, -0.15) is 0 Å². The van der Waals surface area contributed by atoms with Gasteiger partial charge in [0.2, 0.25) is 0 Å². The van der Waals surface area contributed by atoms with E-state index in [4.69, 9.17) is 133 Å². The van der Waals surface area contributed by atoms with Gasteiger partial charge in [0, 0.05) is 0 Å². The van der Waals surface area contributed by atoms with E-state index in [9.17, 15) is 0 Å². The van der Waals surface area contributed by atoms with Crippen molar-refractivity contribution in [3.05, 3.63) is 0 Å². The van der Waals surface area contributed by atoms with E-state index < -0.39 is 21.8 Å². The predicted octanol–water partition coefficient (Wildman–Crippen LogP) is 4.19.